The number of carbonyl (C=O) groups is 2. The van der Waals surface area contributed by atoms with E-state index in [1.165, 1.54) is 0 Å². The van der Waals surface area contributed by atoms with E-state index in [1.807, 2.05) is 18.2 Å². The van der Waals surface area contributed by atoms with Crippen LogP contribution >= 0.6 is 11.8 Å². The highest BCUT2D eigenvalue weighted by molar-refractivity contribution is 8.00. The maximum absolute atomic E-state index is 12.5. The summed E-state index contributed by atoms with van der Waals surface area (Å²) in [6.07, 6.45) is 0.656. The van der Waals surface area contributed by atoms with Crippen molar-refractivity contribution in [1.82, 2.24) is 5.32 Å². The quantitative estimate of drug-likeness (QED) is 0.711. The van der Waals surface area contributed by atoms with Gasteiger partial charge >= 0.3 is 5.97 Å². The van der Waals surface area contributed by atoms with Crippen LogP contribution in [0.1, 0.15) is 22.8 Å². The molecule has 7 heteroatoms. The van der Waals surface area contributed by atoms with E-state index in [1.54, 1.807) is 31.2 Å². The van der Waals surface area contributed by atoms with Crippen molar-refractivity contribution in [2.45, 2.75) is 23.5 Å². The second-order valence-corrected chi connectivity index (χ2v) is 7.46. The summed E-state index contributed by atoms with van der Waals surface area (Å²) in [6, 6.07) is 12.8. The van der Waals surface area contributed by atoms with Crippen LogP contribution in [0.4, 0.5) is 0 Å². The predicted octanol–water partition coefficient (Wildman–Crippen LogP) is 3.00. The number of thioether (sulfide) groups is 1. The molecule has 6 nitrogen and oxygen atoms in total. The van der Waals surface area contributed by atoms with Gasteiger partial charge in [-0.2, -0.15) is 0 Å². The predicted molar refractivity (Wildman–Crippen MR) is 103 cm³/mol. The third-order valence-corrected chi connectivity index (χ3v) is 5.25. The van der Waals surface area contributed by atoms with E-state index >= 15 is 0 Å². The van der Waals surface area contributed by atoms with Crippen LogP contribution in [0.25, 0.3) is 0 Å². The van der Waals surface area contributed by atoms with Crippen LogP contribution in [-0.2, 0) is 11.2 Å². The van der Waals surface area contributed by atoms with Crippen molar-refractivity contribution in [3.63, 3.8) is 0 Å². The molecule has 0 aliphatic carbocycles. The molecule has 2 aromatic rings. The Balaban J connectivity index is 1.59. The van der Waals surface area contributed by atoms with E-state index in [2.05, 4.69) is 5.32 Å². The molecule has 0 fully saturated rings. The average molecular weight is 387 g/mol. The summed E-state index contributed by atoms with van der Waals surface area (Å²) in [7, 11) is 0. The first kappa shape index (κ1) is 19.1. The topological polar surface area (TPSA) is 84.9 Å². The number of rotatable bonds is 7. The second kappa shape index (κ2) is 8.81. The van der Waals surface area contributed by atoms with E-state index in [0.717, 1.165) is 28.8 Å². The molecule has 0 saturated carbocycles. The first-order chi connectivity index (χ1) is 13.0. The van der Waals surface area contributed by atoms with Crippen LogP contribution < -0.4 is 14.8 Å². The number of benzene rings is 2. The van der Waals surface area contributed by atoms with Crippen LogP contribution in [-0.4, -0.2) is 42.0 Å². The molecule has 27 heavy (non-hydrogen) atoms. The van der Waals surface area contributed by atoms with Gasteiger partial charge in [-0.3, -0.25) is 9.59 Å². The van der Waals surface area contributed by atoms with Gasteiger partial charge in [0.15, 0.2) is 11.5 Å². The summed E-state index contributed by atoms with van der Waals surface area (Å²) < 4.78 is 11.1. The molecule has 0 bridgehead atoms. The number of carbonyl (C=O) groups excluding carboxylic acids is 1. The van der Waals surface area contributed by atoms with Gasteiger partial charge in [-0.15, -0.1) is 11.8 Å². The molecule has 1 heterocycles. The lowest BCUT2D eigenvalue weighted by atomic mass is 10.1. The minimum absolute atomic E-state index is 0.215. The van der Waals surface area contributed by atoms with Crippen LogP contribution in [0, 0.1) is 0 Å². The van der Waals surface area contributed by atoms with Crippen molar-refractivity contribution in [3.05, 3.63) is 53.6 Å². The highest BCUT2D eigenvalue weighted by Crippen LogP contribution is 2.31. The molecule has 0 saturated heterocycles. The number of aliphatic carboxylic acids is 1. The molecule has 0 aromatic heterocycles. The SMILES string of the molecule is CC(Sc1ccccc1C(=O)NCCc1ccc2c(c1)OCCO2)C(=O)O. The molecule has 1 aliphatic rings. The highest BCUT2D eigenvalue weighted by atomic mass is 32.2. The van der Waals surface area contributed by atoms with E-state index in [-0.39, 0.29) is 5.91 Å². The molecule has 3 rings (SSSR count). The fourth-order valence-corrected chi connectivity index (χ4v) is 3.58. The summed E-state index contributed by atoms with van der Waals surface area (Å²) in [5.41, 5.74) is 1.53. The Morgan fingerprint density at radius 3 is 2.67 bits per heavy atom. The third-order valence-electron chi connectivity index (χ3n) is 4.09. The smallest absolute Gasteiger partial charge is 0.316 e. The zero-order valence-electron chi connectivity index (χ0n) is 14.9. The Labute approximate surface area is 161 Å². The van der Waals surface area contributed by atoms with Gasteiger partial charge in [0.2, 0.25) is 0 Å². The molecule has 2 aromatic carbocycles. The minimum Gasteiger partial charge on any atom is -0.486 e. The molecule has 0 radical (unpaired) electrons. The number of hydrogen-bond acceptors (Lipinski definition) is 5. The molecule has 1 unspecified atom stereocenters. The lowest BCUT2D eigenvalue weighted by Crippen LogP contribution is -2.26. The average Bonchev–Trinajstić information content (AvgIpc) is 2.68. The number of carboxylic acid groups (broad SMARTS) is 1. The summed E-state index contributed by atoms with van der Waals surface area (Å²) in [5.74, 6) is 0.351. The summed E-state index contributed by atoms with van der Waals surface area (Å²) in [5, 5.41) is 11.4. The van der Waals surface area contributed by atoms with Crippen LogP contribution in [0.3, 0.4) is 0 Å². The monoisotopic (exact) mass is 387 g/mol. The molecule has 1 amide bonds. The van der Waals surface area contributed by atoms with Crippen molar-refractivity contribution in [1.29, 1.82) is 0 Å². The number of ether oxygens (including phenoxy) is 2. The van der Waals surface area contributed by atoms with Crippen molar-refractivity contribution in [3.8, 4) is 11.5 Å². The lowest BCUT2D eigenvalue weighted by Gasteiger charge is -2.19. The molecule has 0 spiro atoms. The molecule has 1 atom stereocenters. The van der Waals surface area contributed by atoms with Gasteiger partial charge in [0.25, 0.3) is 5.91 Å². The Morgan fingerprint density at radius 1 is 1.15 bits per heavy atom. The minimum atomic E-state index is -0.909. The van der Waals surface area contributed by atoms with E-state index in [9.17, 15) is 9.59 Å². The number of nitrogens with one attached hydrogen (secondary N) is 1. The van der Waals surface area contributed by atoms with Gasteiger partial charge in [0.05, 0.1) is 5.56 Å². The third kappa shape index (κ3) is 4.95. The molecule has 142 valence electrons. The van der Waals surface area contributed by atoms with Gasteiger partial charge in [-0.25, -0.2) is 0 Å². The zero-order valence-corrected chi connectivity index (χ0v) is 15.8. The molecular weight excluding hydrogens is 366 g/mol. The Morgan fingerprint density at radius 2 is 1.89 bits per heavy atom. The number of carboxylic acids is 1. The summed E-state index contributed by atoms with van der Waals surface area (Å²) in [6.45, 7) is 3.16. The van der Waals surface area contributed by atoms with Crippen LogP contribution in [0.15, 0.2) is 47.4 Å². The maximum Gasteiger partial charge on any atom is 0.316 e. The van der Waals surface area contributed by atoms with Crippen LogP contribution in [0.2, 0.25) is 0 Å². The first-order valence-corrected chi connectivity index (χ1v) is 9.58. The number of fused-ring (bicyclic) bond motifs is 1. The van der Waals surface area contributed by atoms with Crippen molar-refractivity contribution >= 4 is 23.6 Å². The van der Waals surface area contributed by atoms with Crippen molar-refractivity contribution < 1.29 is 24.2 Å². The highest BCUT2D eigenvalue weighted by Gasteiger charge is 2.18. The Hall–Kier alpha value is -2.67. The van der Waals surface area contributed by atoms with E-state index in [4.69, 9.17) is 14.6 Å². The maximum atomic E-state index is 12.5. The lowest BCUT2D eigenvalue weighted by molar-refractivity contribution is -0.136. The first-order valence-electron chi connectivity index (χ1n) is 8.70. The summed E-state index contributed by atoms with van der Waals surface area (Å²) >= 11 is 1.16. The van der Waals surface area contributed by atoms with E-state index in [0.29, 0.717) is 36.6 Å². The van der Waals surface area contributed by atoms with Gasteiger partial charge in [0.1, 0.15) is 18.5 Å². The standard InChI is InChI=1S/C20H21NO5S/c1-13(20(23)24)27-18-5-3-2-4-15(18)19(22)21-9-8-14-6-7-16-17(12-14)26-11-10-25-16/h2-7,12-13H,8-11H2,1H3,(H,21,22)(H,23,24). The van der Waals surface area contributed by atoms with E-state index < -0.39 is 11.2 Å². The van der Waals surface area contributed by atoms with Crippen molar-refractivity contribution in [2.75, 3.05) is 19.8 Å². The van der Waals surface area contributed by atoms with Gasteiger partial charge in [-0.05, 0) is 43.2 Å². The Bertz CT molecular complexity index is 839. The Kier molecular flexibility index (Phi) is 6.24. The van der Waals surface area contributed by atoms with Crippen molar-refractivity contribution in [2.24, 2.45) is 0 Å². The molecule has 2 N–H and O–H groups in total. The normalized spacial score (nSPS) is 13.7. The number of amides is 1. The van der Waals surface area contributed by atoms with Gasteiger partial charge in [0, 0.05) is 11.4 Å². The second-order valence-electron chi connectivity index (χ2n) is 6.08. The number of hydrogen-bond donors (Lipinski definition) is 2. The van der Waals surface area contributed by atoms with Gasteiger partial charge in [-0.1, -0.05) is 18.2 Å². The fourth-order valence-electron chi connectivity index (χ4n) is 2.66. The zero-order chi connectivity index (χ0) is 19.2. The molecule has 1 aliphatic heterocycles. The molecular formula is C20H21NO5S. The van der Waals surface area contributed by atoms with Gasteiger partial charge < -0.3 is 19.9 Å². The fraction of sp³-hybridized carbons (Fsp3) is 0.300. The largest absolute Gasteiger partial charge is 0.486 e. The van der Waals surface area contributed by atoms with Crippen LogP contribution in [0.5, 0.6) is 11.5 Å². The summed E-state index contributed by atoms with van der Waals surface area (Å²) in [4.78, 5) is 24.3.